The maximum Gasteiger partial charge on any atom is 0.175 e. The Labute approximate surface area is 166 Å². The first-order chi connectivity index (χ1) is 12.2. The lowest BCUT2D eigenvalue weighted by Crippen LogP contribution is -2.06. The molecule has 0 heterocycles. The third-order valence-electron chi connectivity index (χ3n) is 3.16. The molecule has 0 aliphatic heterocycles. The molecule has 0 aliphatic carbocycles. The number of rotatable bonds is 8. The van der Waals surface area contributed by atoms with Gasteiger partial charge < -0.3 is 14.9 Å². The predicted molar refractivity (Wildman–Crippen MR) is 111 cm³/mol. The minimum absolute atomic E-state index is 0.197. The number of nitrogens with zero attached hydrogens (tertiary/aromatic N) is 1. The van der Waals surface area contributed by atoms with Gasteiger partial charge in [-0.25, -0.2) is 0 Å². The Morgan fingerprint density at radius 1 is 1.32 bits per heavy atom. The molecule has 0 fully saturated rings. The Balaban J connectivity index is 2.08. The van der Waals surface area contributed by atoms with Gasteiger partial charge in [0.1, 0.15) is 6.61 Å². The molecule has 0 radical (unpaired) electrons. The van der Waals surface area contributed by atoms with Crippen molar-refractivity contribution in [1.29, 1.82) is 0 Å². The average molecular weight is 469 g/mol. The van der Waals surface area contributed by atoms with Gasteiger partial charge in [0.05, 0.1) is 22.9 Å². The van der Waals surface area contributed by atoms with Crippen LogP contribution in [0.5, 0.6) is 11.5 Å². The Morgan fingerprint density at radius 3 is 2.84 bits per heavy atom. The van der Waals surface area contributed by atoms with Gasteiger partial charge in [-0.1, -0.05) is 35.7 Å². The monoisotopic (exact) mass is 468 g/mol. The van der Waals surface area contributed by atoms with Gasteiger partial charge >= 0.3 is 0 Å². The molecule has 0 aromatic heterocycles. The van der Waals surface area contributed by atoms with Crippen molar-refractivity contribution >= 4 is 40.4 Å². The fraction of sp³-hybridized carbons (Fsp3) is 0.211. The molecule has 2 aromatic rings. The van der Waals surface area contributed by atoms with Crippen LogP contribution < -0.4 is 14.9 Å². The molecule has 130 valence electrons. The van der Waals surface area contributed by atoms with Crippen LogP contribution in [0.2, 0.25) is 5.02 Å². The minimum atomic E-state index is 0.197. The van der Waals surface area contributed by atoms with Crippen LogP contribution in [-0.2, 0) is 6.54 Å². The van der Waals surface area contributed by atoms with E-state index in [0.29, 0.717) is 29.7 Å². The highest BCUT2D eigenvalue weighted by Gasteiger charge is 2.11. The van der Waals surface area contributed by atoms with Crippen LogP contribution in [0, 0.1) is 15.9 Å². The first-order valence-electron chi connectivity index (χ1n) is 7.67. The van der Waals surface area contributed by atoms with Crippen LogP contribution in [0.1, 0.15) is 18.1 Å². The molecule has 1 N–H and O–H groups in total. The summed E-state index contributed by atoms with van der Waals surface area (Å²) in [5.74, 6) is 3.77. The highest BCUT2D eigenvalue weighted by Crippen LogP contribution is 2.33. The van der Waals surface area contributed by atoms with E-state index in [1.54, 1.807) is 6.21 Å². The van der Waals surface area contributed by atoms with Crippen LogP contribution >= 0.6 is 34.2 Å². The third-order valence-corrected chi connectivity index (χ3v) is 4.33. The van der Waals surface area contributed by atoms with E-state index in [9.17, 15) is 0 Å². The van der Waals surface area contributed by atoms with Gasteiger partial charge in [-0.05, 0) is 58.8 Å². The lowest BCUT2D eigenvalue weighted by Gasteiger charge is -2.13. The topological polar surface area (TPSA) is 42.8 Å². The van der Waals surface area contributed by atoms with Gasteiger partial charge in [-0.3, -0.25) is 0 Å². The maximum absolute atomic E-state index is 6.12. The zero-order valence-electron chi connectivity index (χ0n) is 13.8. The second-order valence-corrected chi connectivity index (χ2v) is 6.51. The van der Waals surface area contributed by atoms with Crippen LogP contribution in [0.4, 0.5) is 0 Å². The molecule has 0 spiro atoms. The number of ether oxygens (including phenoxy) is 2. The molecule has 2 aromatic carbocycles. The summed E-state index contributed by atoms with van der Waals surface area (Å²) in [5.41, 5.74) is 4.88. The smallest absolute Gasteiger partial charge is 0.175 e. The van der Waals surface area contributed by atoms with Crippen molar-refractivity contribution in [3.63, 3.8) is 0 Å². The molecule has 25 heavy (non-hydrogen) atoms. The molecular formula is C19H18ClIN2O2. The van der Waals surface area contributed by atoms with Gasteiger partial charge in [-0.2, -0.15) is 5.10 Å². The third kappa shape index (κ3) is 5.83. The summed E-state index contributed by atoms with van der Waals surface area (Å²) in [5, 5.41) is 4.96. The molecule has 0 saturated carbocycles. The van der Waals surface area contributed by atoms with Gasteiger partial charge in [-0.15, -0.1) is 6.42 Å². The molecular weight excluding hydrogens is 451 g/mol. The highest BCUT2D eigenvalue weighted by molar-refractivity contribution is 14.1. The molecule has 2 rings (SSSR count). The quantitative estimate of drug-likeness (QED) is 0.269. The number of halogens is 2. The summed E-state index contributed by atoms with van der Waals surface area (Å²) < 4.78 is 12.1. The van der Waals surface area contributed by atoms with Crippen LogP contribution in [0.25, 0.3) is 0 Å². The first-order valence-corrected chi connectivity index (χ1v) is 9.13. The Hall–Kier alpha value is -1.91. The van der Waals surface area contributed by atoms with E-state index in [4.69, 9.17) is 27.5 Å². The first kappa shape index (κ1) is 19.4. The lowest BCUT2D eigenvalue weighted by atomic mass is 10.2. The molecule has 0 bridgehead atoms. The van der Waals surface area contributed by atoms with E-state index >= 15 is 0 Å². The van der Waals surface area contributed by atoms with Crippen LogP contribution in [0.15, 0.2) is 41.5 Å². The van der Waals surface area contributed by atoms with Crippen molar-refractivity contribution in [2.45, 2.75) is 13.5 Å². The molecule has 4 nitrogen and oxygen atoms in total. The number of terminal acetylenes is 1. The van der Waals surface area contributed by atoms with Crippen molar-refractivity contribution in [3.8, 4) is 23.8 Å². The molecule has 0 atom stereocenters. The van der Waals surface area contributed by atoms with Gasteiger partial charge in [0.15, 0.2) is 11.5 Å². The van der Waals surface area contributed by atoms with E-state index in [-0.39, 0.29) is 6.61 Å². The van der Waals surface area contributed by atoms with Gasteiger partial charge in [0, 0.05) is 5.02 Å². The summed E-state index contributed by atoms with van der Waals surface area (Å²) in [6.45, 7) is 3.20. The zero-order valence-corrected chi connectivity index (χ0v) is 16.7. The van der Waals surface area contributed by atoms with E-state index in [2.05, 4.69) is 39.0 Å². The number of benzene rings is 2. The van der Waals surface area contributed by atoms with E-state index < -0.39 is 0 Å². The van der Waals surface area contributed by atoms with Crippen molar-refractivity contribution in [3.05, 3.63) is 56.1 Å². The van der Waals surface area contributed by atoms with Crippen molar-refractivity contribution < 1.29 is 9.47 Å². The van der Waals surface area contributed by atoms with Crippen molar-refractivity contribution in [2.24, 2.45) is 5.10 Å². The van der Waals surface area contributed by atoms with Crippen LogP contribution in [0.3, 0.4) is 0 Å². The molecule has 0 amide bonds. The number of hydrogen-bond donors (Lipinski definition) is 1. The summed E-state index contributed by atoms with van der Waals surface area (Å²) in [6, 6.07) is 11.5. The predicted octanol–water partition coefficient (Wildman–Crippen LogP) is 4.48. The van der Waals surface area contributed by atoms with Crippen molar-refractivity contribution in [1.82, 2.24) is 5.43 Å². The van der Waals surface area contributed by atoms with Gasteiger partial charge in [0.2, 0.25) is 0 Å². The number of hydrogen-bond acceptors (Lipinski definition) is 4. The fourth-order valence-electron chi connectivity index (χ4n) is 2.07. The molecule has 6 heteroatoms. The standard InChI is InChI=1S/C19H18ClIN2O2/c1-3-9-25-19-17(21)10-14(11-18(19)24-4-2)12-22-23-13-15-7-5-6-8-16(15)20/h1,5-8,10-12,23H,4,9,13H2,2H3/b22-12-. The zero-order chi connectivity index (χ0) is 18.1. The summed E-state index contributed by atoms with van der Waals surface area (Å²) in [7, 11) is 0. The van der Waals surface area contributed by atoms with E-state index in [1.165, 1.54) is 0 Å². The van der Waals surface area contributed by atoms with Gasteiger partial charge in [0.25, 0.3) is 0 Å². The Morgan fingerprint density at radius 2 is 2.12 bits per heavy atom. The number of hydrazone groups is 1. The molecule has 0 saturated heterocycles. The summed E-state index contributed by atoms with van der Waals surface area (Å²) >= 11 is 8.31. The molecule has 0 unspecified atom stereocenters. The minimum Gasteiger partial charge on any atom is -0.490 e. The second-order valence-electron chi connectivity index (χ2n) is 4.94. The summed E-state index contributed by atoms with van der Waals surface area (Å²) in [6.07, 6.45) is 6.99. The van der Waals surface area contributed by atoms with Crippen LogP contribution in [-0.4, -0.2) is 19.4 Å². The SMILES string of the molecule is C#CCOc1c(I)cc(/C=N\NCc2ccccc2Cl)cc1OCC. The second kappa shape index (κ2) is 10.2. The molecule has 0 aliphatic rings. The van der Waals surface area contributed by atoms with E-state index in [1.807, 2.05) is 43.3 Å². The lowest BCUT2D eigenvalue weighted by molar-refractivity contribution is 0.298. The number of nitrogens with one attached hydrogen (secondary N) is 1. The normalized spacial score (nSPS) is 10.5. The maximum atomic E-state index is 6.12. The Kier molecular flexibility index (Phi) is 7.89. The van der Waals surface area contributed by atoms with Crippen molar-refractivity contribution in [2.75, 3.05) is 13.2 Å². The average Bonchev–Trinajstić information content (AvgIpc) is 2.60. The summed E-state index contributed by atoms with van der Waals surface area (Å²) in [4.78, 5) is 0. The highest BCUT2D eigenvalue weighted by atomic mass is 127. The van der Waals surface area contributed by atoms with E-state index in [0.717, 1.165) is 14.7 Å². The Bertz CT molecular complexity index is 787. The fourth-order valence-corrected chi connectivity index (χ4v) is 3.06. The largest absolute Gasteiger partial charge is 0.490 e.